The molecule has 1 fully saturated rings. The molecule has 0 bridgehead atoms. The van der Waals surface area contributed by atoms with Gasteiger partial charge in [-0.25, -0.2) is 9.78 Å². The van der Waals surface area contributed by atoms with Crippen LogP contribution in [0.1, 0.15) is 51.9 Å². The molecule has 0 amide bonds. The molecule has 92 valence electrons. The minimum absolute atomic E-state index is 0.158. The molecule has 1 aromatic rings. The SMILES string of the molecule is CC(=O)c1sc(C2(C)CCCO2)nc1C(=O)O. The summed E-state index contributed by atoms with van der Waals surface area (Å²) >= 11 is 1.13. The van der Waals surface area contributed by atoms with Crippen LogP contribution in [0.4, 0.5) is 0 Å². The Labute approximate surface area is 102 Å². The van der Waals surface area contributed by atoms with E-state index in [1.165, 1.54) is 6.92 Å². The van der Waals surface area contributed by atoms with Crippen LogP contribution in [0.5, 0.6) is 0 Å². The zero-order valence-electron chi connectivity index (χ0n) is 9.65. The summed E-state index contributed by atoms with van der Waals surface area (Å²) in [6.45, 7) is 3.88. The lowest BCUT2D eigenvalue weighted by Gasteiger charge is -2.19. The van der Waals surface area contributed by atoms with Gasteiger partial charge in [-0.05, 0) is 19.8 Å². The van der Waals surface area contributed by atoms with Crippen LogP contribution in [0.2, 0.25) is 0 Å². The average Bonchev–Trinajstić information content (AvgIpc) is 2.83. The number of carboxylic acid groups (broad SMARTS) is 1. The van der Waals surface area contributed by atoms with Crippen LogP contribution >= 0.6 is 11.3 Å². The van der Waals surface area contributed by atoms with Crippen LogP contribution in [0, 0.1) is 0 Å². The molecule has 1 saturated heterocycles. The van der Waals surface area contributed by atoms with Crippen molar-refractivity contribution in [3.63, 3.8) is 0 Å². The van der Waals surface area contributed by atoms with Gasteiger partial charge in [-0.2, -0.15) is 0 Å². The van der Waals surface area contributed by atoms with Crippen molar-refractivity contribution in [2.24, 2.45) is 0 Å². The number of thiazole rings is 1. The number of aromatic carboxylic acids is 1. The molecular weight excluding hydrogens is 242 g/mol. The van der Waals surface area contributed by atoms with E-state index in [2.05, 4.69) is 4.98 Å². The van der Waals surface area contributed by atoms with E-state index < -0.39 is 11.6 Å². The topological polar surface area (TPSA) is 76.5 Å². The summed E-state index contributed by atoms with van der Waals surface area (Å²) in [5.74, 6) is -1.44. The molecule has 0 aromatic carbocycles. The van der Waals surface area contributed by atoms with Crippen molar-refractivity contribution in [2.75, 3.05) is 6.61 Å². The van der Waals surface area contributed by atoms with E-state index in [1.54, 1.807) is 0 Å². The number of Topliss-reactive ketones (excluding diaryl/α,β-unsaturated/α-hetero) is 1. The van der Waals surface area contributed by atoms with Crippen molar-refractivity contribution in [2.45, 2.75) is 32.3 Å². The van der Waals surface area contributed by atoms with Crippen LogP contribution < -0.4 is 0 Å². The highest BCUT2D eigenvalue weighted by Gasteiger charge is 2.37. The molecule has 0 radical (unpaired) electrons. The maximum absolute atomic E-state index is 11.4. The molecule has 0 saturated carbocycles. The third kappa shape index (κ3) is 2.10. The number of nitrogens with zero attached hydrogens (tertiary/aromatic N) is 1. The van der Waals surface area contributed by atoms with Crippen molar-refractivity contribution < 1.29 is 19.4 Å². The fraction of sp³-hybridized carbons (Fsp3) is 0.545. The van der Waals surface area contributed by atoms with Crippen LogP contribution in [0.15, 0.2) is 0 Å². The molecule has 0 aliphatic carbocycles. The predicted octanol–water partition coefficient (Wildman–Crippen LogP) is 2.07. The minimum Gasteiger partial charge on any atom is -0.476 e. The Morgan fingerprint density at radius 2 is 2.24 bits per heavy atom. The van der Waals surface area contributed by atoms with Gasteiger partial charge in [0.05, 0.1) is 0 Å². The normalized spacial score (nSPS) is 23.9. The molecular formula is C11H13NO4S. The van der Waals surface area contributed by atoms with Crippen LogP contribution in [-0.4, -0.2) is 28.4 Å². The van der Waals surface area contributed by atoms with Gasteiger partial charge in [0.25, 0.3) is 0 Å². The third-order valence-electron chi connectivity index (χ3n) is 2.82. The molecule has 1 aliphatic rings. The van der Waals surface area contributed by atoms with E-state index >= 15 is 0 Å². The summed E-state index contributed by atoms with van der Waals surface area (Å²) in [5.41, 5.74) is -0.697. The lowest BCUT2D eigenvalue weighted by Crippen LogP contribution is -2.19. The first-order valence-electron chi connectivity index (χ1n) is 5.33. The molecule has 1 aliphatic heterocycles. The van der Waals surface area contributed by atoms with E-state index in [-0.39, 0.29) is 16.4 Å². The summed E-state index contributed by atoms with van der Waals surface area (Å²) in [7, 11) is 0. The first kappa shape index (κ1) is 12.2. The van der Waals surface area contributed by atoms with Crippen molar-refractivity contribution in [3.05, 3.63) is 15.6 Å². The number of hydrogen-bond acceptors (Lipinski definition) is 5. The summed E-state index contributed by atoms with van der Waals surface area (Å²) < 4.78 is 5.60. The monoisotopic (exact) mass is 255 g/mol. The molecule has 1 aromatic heterocycles. The molecule has 2 rings (SSSR count). The highest BCUT2D eigenvalue weighted by molar-refractivity contribution is 7.14. The van der Waals surface area contributed by atoms with Crippen molar-refractivity contribution in [1.29, 1.82) is 0 Å². The largest absolute Gasteiger partial charge is 0.476 e. The molecule has 17 heavy (non-hydrogen) atoms. The molecule has 6 heteroatoms. The average molecular weight is 255 g/mol. The van der Waals surface area contributed by atoms with E-state index in [4.69, 9.17) is 9.84 Å². The Hall–Kier alpha value is -1.27. The molecule has 5 nitrogen and oxygen atoms in total. The number of carbonyl (C=O) groups excluding carboxylic acids is 1. The van der Waals surface area contributed by atoms with Crippen LogP contribution in [-0.2, 0) is 10.3 Å². The summed E-state index contributed by atoms with van der Waals surface area (Å²) in [6, 6.07) is 0. The van der Waals surface area contributed by atoms with Crippen molar-refractivity contribution in [1.82, 2.24) is 4.98 Å². The van der Waals surface area contributed by atoms with E-state index in [0.29, 0.717) is 11.6 Å². The quantitative estimate of drug-likeness (QED) is 0.837. The van der Waals surface area contributed by atoms with Gasteiger partial charge < -0.3 is 9.84 Å². The van der Waals surface area contributed by atoms with Gasteiger partial charge in [0.2, 0.25) is 0 Å². The number of carboxylic acids is 1. The second-order valence-corrected chi connectivity index (χ2v) is 5.24. The van der Waals surface area contributed by atoms with Gasteiger partial charge >= 0.3 is 5.97 Å². The molecule has 1 unspecified atom stereocenters. The first-order valence-corrected chi connectivity index (χ1v) is 6.15. The minimum atomic E-state index is -1.17. The van der Waals surface area contributed by atoms with Gasteiger partial charge in [0.1, 0.15) is 15.5 Å². The van der Waals surface area contributed by atoms with Gasteiger partial charge in [-0.1, -0.05) is 0 Å². The van der Waals surface area contributed by atoms with E-state index in [9.17, 15) is 9.59 Å². The number of ketones is 1. The Kier molecular flexibility index (Phi) is 3.01. The number of carbonyl (C=O) groups is 2. The maximum Gasteiger partial charge on any atom is 0.356 e. The summed E-state index contributed by atoms with van der Waals surface area (Å²) in [5, 5.41) is 9.59. The Balaban J connectivity index is 2.47. The fourth-order valence-electron chi connectivity index (χ4n) is 1.88. The second kappa shape index (κ2) is 4.19. The smallest absolute Gasteiger partial charge is 0.356 e. The fourth-order valence-corrected chi connectivity index (χ4v) is 2.96. The van der Waals surface area contributed by atoms with Gasteiger partial charge in [-0.3, -0.25) is 4.79 Å². The highest BCUT2D eigenvalue weighted by atomic mass is 32.1. The standard InChI is InChI=1S/C11H13NO4S/c1-6(13)8-7(9(14)15)12-10(17-8)11(2)4-3-5-16-11/h3-5H2,1-2H3,(H,14,15). The summed E-state index contributed by atoms with van der Waals surface area (Å²) in [6.07, 6.45) is 1.73. The molecule has 1 atom stereocenters. The van der Waals surface area contributed by atoms with Gasteiger partial charge in [0.15, 0.2) is 11.5 Å². The third-order valence-corrected chi connectivity index (χ3v) is 4.22. The zero-order valence-corrected chi connectivity index (χ0v) is 10.5. The summed E-state index contributed by atoms with van der Waals surface area (Å²) in [4.78, 5) is 26.6. The number of ether oxygens (including phenoxy) is 1. The second-order valence-electron chi connectivity index (χ2n) is 4.24. The number of rotatable bonds is 3. The first-order chi connectivity index (χ1) is 7.94. The highest BCUT2D eigenvalue weighted by Crippen LogP contribution is 2.38. The van der Waals surface area contributed by atoms with E-state index in [1.807, 2.05) is 6.92 Å². The Morgan fingerprint density at radius 3 is 2.65 bits per heavy atom. The Morgan fingerprint density at radius 1 is 1.53 bits per heavy atom. The lowest BCUT2D eigenvalue weighted by molar-refractivity contribution is 0.0165. The van der Waals surface area contributed by atoms with Crippen LogP contribution in [0.3, 0.4) is 0 Å². The molecule has 2 heterocycles. The molecule has 1 N–H and O–H groups in total. The Bertz CT molecular complexity index is 442. The zero-order chi connectivity index (χ0) is 12.6. The van der Waals surface area contributed by atoms with Crippen molar-refractivity contribution in [3.8, 4) is 0 Å². The number of hydrogen-bond donors (Lipinski definition) is 1. The van der Waals surface area contributed by atoms with Crippen LogP contribution in [0.25, 0.3) is 0 Å². The van der Waals surface area contributed by atoms with E-state index in [0.717, 1.165) is 24.2 Å². The number of aromatic nitrogens is 1. The lowest BCUT2D eigenvalue weighted by atomic mass is 10.0. The predicted molar refractivity (Wildman–Crippen MR) is 61.6 cm³/mol. The maximum atomic E-state index is 11.4. The van der Waals surface area contributed by atoms with Gasteiger partial charge in [-0.15, -0.1) is 11.3 Å². The van der Waals surface area contributed by atoms with Gasteiger partial charge in [0, 0.05) is 13.5 Å². The molecule has 0 spiro atoms. The van der Waals surface area contributed by atoms with Crippen molar-refractivity contribution >= 4 is 23.1 Å².